The Morgan fingerprint density at radius 3 is 2.60 bits per heavy atom. The molecule has 1 aromatic heterocycles. The van der Waals surface area contributed by atoms with E-state index in [0.717, 1.165) is 12.1 Å². The number of carbonyl (C=O) groups is 1. The Balaban J connectivity index is 2.13. The number of rotatable bonds is 4. The van der Waals surface area contributed by atoms with E-state index in [1.165, 1.54) is 5.56 Å². The van der Waals surface area contributed by atoms with Gasteiger partial charge in [0, 0.05) is 11.9 Å². The monoisotopic (exact) mass is 286 g/mol. The second-order valence-corrected chi connectivity index (χ2v) is 5.21. The Kier molecular flexibility index (Phi) is 4.69. The molecule has 1 heterocycles. The van der Waals surface area contributed by atoms with Crippen LogP contribution in [0.1, 0.15) is 42.1 Å². The van der Waals surface area contributed by atoms with Gasteiger partial charge in [-0.2, -0.15) is 0 Å². The van der Waals surface area contributed by atoms with Gasteiger partial charge in [-0.05, 0) is 42.2 Å². The summed E-state index contributed by atoms with van der Waals surface area (Å²) < 4.78 is 0.446. The third kappa shape index (κ3) is 3.33. The molecule has 0 saturated carbocycles. The van der Waals surface area contributed by atoms with Crippen molar-refractivity contribution in [2.75, 3.05) is 5.32 Å². The maximum atomic E-state index is 12.1. The number of benzene rings is 1. The lowest BCUT2D eigenvalue weighted by Gasteiger charge is -2.10. The molecule has 3 nitrogen and oxygen atoms in total. The van der Waals surface area contributed by atoms with E-state index in [1.807, 2.05) is 12.1 Å². The summed E-state index contributed by atoms with van der Waals surface area (Å²) in [6.07, 6.45) is 2.81. The Labute approximate surface area is 124 Å². The van der Waals surface area contributed by atoms with Gasteiger partial charge in [0.15, 0.2) is 0 Å². The summed E-state index contributed by atoms with van der Waals surface area (Å²) in [6, 6.07) is 11.4. The Bertz CT molecular complexity index is 646. The van der Waals surface area contributed by atoms with Crippen LogP contribution in [0, 0.1) is 4.64 Å². The van der Waals surface area contributed by atoms with Crippen LogP contribution in [0.4, 0.5) is 5.69 Å². The SMILES string of the molecule is CC[C@@H](C)c1ccc(NC(=O)c2ccc[nH]c2=S)cc1. The summed E-state index contributed by atoms with van der Waals surface area (Å²) in [5, 5.41) is 2.86. The molecule has 0 saturated heterocycles. The van der Waals surface area contributed by atoms with Crippen molar-refractivity contribution in [2.24, 2.45) is 0 Å². The number of hydrogen-bond acceptors (Lipinski definition) is 2. The molecule has 0 aliphatic rings. The normalized spacial score (nSPS) is 11.9. The van der Waals surface area contributed by atoms with Gasteiger partial charge in [0.05, 0.1) is 5.56 Å². The van der Waals surface area contributed by atoms with E-state index >= 15 is 0 Å². The summed E-state index contributed by atoms with van der Waals surface area (Å²) in [5.74, 6) is 0.339. The maximum Gasteiger partial charge on any atom is 0.258 e. The highest BCUT2D eigenvalue weighted by molar-refractivity contribution is 7.71. The molecule has 2 aromatic rings. The highest BCUT2D eigenvalue weighted by atomic mass is 32.1. The molecule has 1 amide bonds. The minimum Gasteiger partial charge on any atom is -0.352 e. The zero-order valence-electron chi connectivity index (χ0n) is 11.6. The number of anilines is 1. The molecule has 0 radical (unpaired) electrons. The predicted octanol–water partition coefficient (Wildman–Crippen LogP) is 4.51. The van der Waals surface area contributed by atoms with Crippen LogP contribution in [-0.4, -0.2) is 10.9 Å². The summed E-state index contributed by atoms with van der Waals surface area (Å²) in [5.41, 5.74) is 2.54. The largest absolute Gasteiger partial charge is 0.352 e. The molecule has 0 fully saturated rings. The lowest BCUT2D eigenvalue weighted by atomic mass is 9.99. The average Bonchev–Trinajstić information content (AvgIpc) is 2.47. The van der Waals surface area contributed by atoms with Gasteiger partial charge in [-0.1, -0.05) is 38.2 Å². The second-order valence-electron chi connectivity index (χ2n) is 4.80. The quantitative estimate of drug-likeness (QED) is 0.812. The highest BCUT2D eigenvalue weighted by Crippen LogP contribution is 2.20. The van der Waals surface area contributed by atoms with Crippen molar-refractivity contribution in [2.45, 2.75) is 26.2 Å². The molecule has 2 rings (SSSR count). The van der Waals surface area contributed by atoms with Gasteiger partial charge in [0.2, 0.25) is 0 Å². The minimum atomic E-state index is -0.192. The molecular weight excluding hydrogens is 268 g/mol. The van der Waals surface area contributed by atoms with E-state index in [9.17, 15) is 4.79 Å². The predicted molar refractivity (Wildman–Crippen MR) is 84.7 cm³/mol. The van der Waals surface area contributed by atoms with Crippen LogP contribution >= 0.6 is 12.2 Å². The summed E-state index contributed by atoms with van der Waals surface area (Å²) in [4.78, 5) is 15.0. The van der Waals surface area contributed by atoms with E-state index in [0.29, 0.717) is 16.1 Å². The zero-order chi connectivity index (χ0) is 14.5. The van der Waals surface area contributed by atoms with Crippen molar-refractivity contribution in [3.8, 4) is 0 Å². The molecule has 4 heteroatoms. The smallest absolute Gasteiger partial charge is 0.258 e. The first-order chi connectivity index (χ1) is 9.61. The molecule has 0 bridgehead atoms. The summed E-state index contributed by atoms with van der Waals surface area (Å²) in [6.45, 7) is 4.36. The number of aromatic nitrogens is 1. The van der Waals surface area contributed by atoms with Gasteiger partial charge in [-0.15, -0.1) is 0 Å². The van der Waals surface area contributed by atoms with Gasteiger partial charge in [-0.25, -0.2) is 0 Å². The topological polar surface area (TPSA) is 44.9 Å². The van der Waals surface area contributed by atoms with Crippen LogP contribution in [0.5, 0.6) is 0 Å². The molecule has 2 N–H and O–H groups in total. The minimum absolute atomic E-state index is 0.192. The lowest BCUT2D eigenvalue weighted by molar-refractivity contribution is 0.102. The first-order valence-corrected chi connectivity index (χ1v) is 7.11. The number of H-pyrrole nitrogens is 1. The van der Waals surface area contributed by atoms with Crippen LogP contribution in [0.3, 0.4) is 0 Å². The molecule has 0 aliphatic heterocycles. The van der Waals surface area contributed by atoms with Crippen molar-refractivity contribution >= 4 is 23.8 Å². The summed E-state index contributed by atoms with van der Waals surface area (Å²) in [7, 11) is 0. The molecule has 104 valence electrons. The highest BCUT2D eigenvalue weighted by Gasteiger charge is 2.08. The van der Waals surface area contributed by atoms with Crippen molar-refractivity contribution in [1.29, 1.82) is 0 Å². The number of nitrogens with one attached hydrogen (secondary N) is 2. The van der Waals surface area contributed by atoms with E-state index in [-0.39, 0.29) is 5.91 Å². The fraction of sp³-hybridized carbons (Fsp3) is 0.250. The summed E-state index contributed by atoms with van der Waals surface area (Å²) >= 11 is 5.10. The fourth-order valence-electron chi connectivity index (χ4n) is 1.93. The third-order valence-electron chi connectivity index (χ3n) is 3.41. The van der Waals surface area contributed by atoms with Crippen LogP contribution in [0.2, 0.25) is 0 Å². The third-order valence-corrected chi connectivity index (χ3v) is 3.75. The lowest BCUT2D eigenvalue weighted by Crippen LogP contribution is -2.12. The van der Waals surface area contributed by atoms with Gasteiger partial charge < -0.3 is 10.3 Å². The second kappa shape index (κ2) is 6.48. The molecule has 1 atom stereocenters. The van der Waals surface area contributed by atoms with Crippen LogP contribution in [-0.2, 0) is 0 Å². The van der Waals surface area contributed by atoms with Crippen molar-refractivity contribution in [3.63, 3.8) is 0 Å². The first-order valence-electron chi connectivity index (χ1n) is 6.71. The average molecular weight is 286 g/mol. The Hall–Kier alpha value is -1.94. The van der Waals surface area contributed by atoms with Crippen molar-refractivity contribution in [3.05, 3.63) is 58.4 Å². The fourth-order valence-corrected chi connectivity index (χ4v) is 2.16. The molecule has 0 spiro atoms. The molecule has 20 heavy (non-hydrogen) atoms. The molecule has 0 aliphatic carbocycles. The number of amides is 1. The Morgan fingerprint density at radius 1 is 1.30 bits per heavy atom. The van der Waals surface area contributed by atoms with Gasteiger partial charge >= 0.3 is 0 Å². The molecule has 1 aromatic carbocycles. The maximum absolute atomic E-state index is 12.1. The Morgan fingerprint density at radius 2 is 2.00 bits per heavy atom. The van der Waals surface area contributed by atoms with Gasteiger partial charge in [0.25, 0.3) is 5.91 Å². The van der Waals surface area contributed by atoms with Crippen LogP contribution < -0.4 is 5.32 Å². The van der Waals surface area contributed by atoms with Gasteiger partial charge in [-0.3, -0.25) is 4.79 Å². The van der Waals surface area contributed by atoms with E-state index in [4.69, 9.17) is 12.2 Å². The zero-order valence-corrected chi connectivity index (χ0v) is 12.5. The number of aromatic amines is 1. The number of hydrogen-bond donors (Lipinski definition) is 2. The molecular formula is C16H18N2OS. The van der Waals surface area contributed by atoms with Crippen molar-refractivity contribution < 1.29 is 4.79 Å². The van der Waals surface area contributed by atoms with Crippen LogP contribution in [0.25, 0.3) is 0 Å². The van der Waals surface area contributed by atoms with Crippen molar-refractivity contribution in [1.82, 2.24) is 4.98 Å². The van der Waals surface area contributed by atoms with E-state index in [1.54, 1.807) is 18.3 Å². The molecule has 0 unspecified atom stereocenters. The number of carbonyl (C=O) groups excluding carboxylic acids is 1. The standard InChI is InChI=1S/C16H18N2OS/c1-3-11(2)12-6-8-13(9-7-12)18-15(19)14-5-4-10-17-16(14)20/h4-11H,3H2,1-2H3,(H,17,20)(H,18,19)/t11-/m1/s1. The van der Waals surface area contributed by atoms with Crippen LogP contribution in [0.15, 0.2) is 42.6 Å². The first kappa shape index (κ1) is 14.5. The number of pyridine rings is 1. The van der Waals surface area contributed by atoms with E-state index < -0.39 is 0 Å². The van der Waals surface area contributed by atoms with E-state index in [2.05, 4.69) is 36.3 Å². The van der Waals surface area contributed by atoms with Gasteiger partial charge in [0.1, 0.15) is 4.64 Å².